The zero-order valence-electron chi connectivity index (χ0n) is 18.1. The highest BCUT2D eigenvalue weighted by Gasteiger charge is 2.10. The molecule has 0 atom stereocenters. The lowest BCUT2D eigenvalue weighted by molar-refractivity contribution is 0.584. The fourth-order valence-electron chi connectivity index (χ4n) is 3.16. The molecule has 5 rings (SSSR count). The minimum Gasteiger partial charge on any atom is -0.416 e. The summed E-state index contributed by atoms with van der Waals surface area (Å²) in [5.41, 5.74) is 3.45. The zero-order chi connectivity index (χ0) is 22.6. The first-order valence-electron chi connectivity index (χ1n) is 10.4. The van der Waals surface area contributed by atoms with Crippen LogP contribution < -0.4 is 0 Å². The minimum absolute atomic E-state index is 0.476. The molecule has 0 aliphatic heterocycles. The standard InChI is InChI=1S/C26H20N4OS2/c1-17-3-13-23(32-17)15-27-21-9-5-19(6-10-21)25-29-30-26(31-25)20-7-11-22(12-8-20)28-16-24-14-4-18(2)33-24/h3-16H,1-2H3. The lowest BCUT2D eigenvalue weighted by Gasteiger charge is -1.98. The second-order valence-electron chi connectivity index (χ2n) is 7.42. The monoisotopic (exact) mass is 468 g/mol. The highest BCUT2D eigenvalue weighted by Crippen LogP contribution is 2.27. The van der Waals surface area contributed by atoms with Crippen LogP contribution in [0.15, 0.2) is 87.2 Å². The summed E-state index contributed by atoms with van der Waals surface area (Å²) in [7, 11) is 0. The molecule has 33 heavy (non-hydrogen) atoms. The quantitative estimate of drug-likeness (QED) is 0.240. The number of aromatic nitrogens is 2. The Bertz CT molecular complexity index is 1320. The Kier molecular flexibility index (Phi) is 6.06. The number of nitrogens with zero attached hydrogens (tertiary/aromatic N) is 4. The lowest BCUT2D eigenvalue weighted by atomic mass is 10.2. The average molecular weight is 469 g/mol. The third-order valence-electron chi connectivity index (χ3n) is 4.86. The van der Waals surface area contributed by atoms with Crippen molar-refractivity contribution < 1.29 is 4.42 Å². The van der Waals surface area contributed by atoms with Gasteiger partial charge in [-0.25, -0.2) is 0 Å². The molecule has 0 saturated heterocycles. The maximum atomic E-state index is 5.90. The zero-order valence-corrected chi connectivity index (χ0v) is 19.7. The SMILES string of the molecule is Cc1ccc(C=Nc2ccc(-c3nnc(-c4ccc(N=Cc5ccc(C)s5)cc4)o3)cc2)s1. The van der Waals surface area contributed by atoms with Crippen LogP contribution in [0.4, 0.5) is 11.4 Å². The molecule has 0 radical (unpaired) electrons. The topological polar surface area (TPSA) is 63.6 Å². The molecule has 0 aliphatic carbocycles. The van der Waals surface area contributed by atoms with Gasteiger partial charge in [0.05, 0.1) is 11.4 Å². The molecule has 0 N–H and O–H groups in total. The van der Waals surface area contributed by atoms with Gasteiger partial charge in [-0.2, -0.15) is 0 Å². The molecule has 0 unspecified atom stereocenters. The molecular weight excluding hydrogens is 448 g/mol. The summed E-state index contributed by atoms with van der Waals surface area (Å²) in [5.74, 6) is 0.953. The van der Waals surface area contributed by atoms with Crippen LogP contribution in [0.5, 0.6) is 0 Å². The Hall–Kier alpha value is -3.68. The van der Waals surface area contributed by atoms with Gasteiger partial charge in [0, 0.05) is 43.1 Å². The molecular formula is C26H20N4OS2. The lowest BCUT2D eigenvalue weighted by Crippen LogP contribution is -1.78. The number of aliphatic imine (C=N–C) groups is 2. The summed E-state index contributed by atoms with van der Waals surface area (Å²) < 4.78 is 5.90. The summed E-state index contributed by atoms with van der Waals surface area (Å²) in [6.45, 7) is 4.18. The van der Waals surface area contributed by atoms with E-state index in [2.05, 4.69) is 58.3 Å². The van der Waals surface area contributed by atoms with Crippen LogP contribution in [0.25, 0.3) is 22.9 Å². The second kappa shape index (κ2) is 9.44. The van der Waals surface area contributed by atoms with Crippen molar-refractivity contribution in [1.82, 2.24) is 10.2 Å². The van der Waals surface area contributed by atoms with Crippen LogP contribution >= 0.6 is 22.7 Å². The van der Waals surface area contributed by atoms with E-state index in [1.807, 2.05) is 61.0 Å². The maximum absolute atomic E-state index is 5.90. The minimum atomic E-state index is 0.476. The van der Waals surface area contributed by atoms with Crippen LogP contribution in [0.3, 0.4) is 0 Å². The third kappa shape index (κ3) is 5.22. The van der Waals surface area contributed by atoms with Crippen molar-refractivity contribution >= 4 is 46.5 Å². The summed E-state index contributed by atoms with van der Waals surface area (Å²) in [5, 5.41) is 8.42. The van der Waals surface area contributed by atoms with E-state index >= 15 is 0 Å². The largest absolute Gasteiger partial charge is 0.416 e. The Morgan fingerprint density at radius 1 is 0.606 bits per heavy atom. The highest BCUT2D eigenvalue weighted by atomic mass is 32.1. The van der Waals surface area contributed by atoms with Gasteiger partial charge < -0.3 is 4.42 Å². The Balaban J connectivity index is 1.26. The highest BCUT2D eigenvalue weighted by molar-refractivity contribution is 7.13. The van der Waals surface area contributed by atoms with Crippen molar-refractivity contribution in [3.63, 3.8) is 0 Å². The van der Waals surface area contributed by atoms with Crippen molar-refractivity contribution in [3.05, 3.63) is 92.3 Å². The van der Waals surface area contributed by atoms with Gasteiger partial charge in [-0.1, -0.05) is 0 Å². The summed E-state index contributed by atoms with van der Waals surface area (Å²) in [6, 6.07) is 23.8. The summed E-state index contributed by atoms with van der Waals surface area (Å²) >= 11 is 3.44. The number of thiophene rings is 2. The predicted molar refractivity (Wildman–Crippen MR) is 138 cm³/mol. The maximum Gasteiger partial charge on any atom is 0.248 e. The number of benzene rings is 2. The van der Waals surface area contributed by atoms with E-state index in [9.17, 15) is 0 Å². The van der Waals surface area contributed by atoms with E-state index < -0.39 is 0 Å². The Morgan fingerprint density at radius 2 is 1.03 bits per heavy atom. The molecule has 0 bridgehead atoms. The van der Waals surface area contributed by atoms with Crippen molar-refractivity contribution in [2.24, 2.45) is 9.98 Å². The fraction of sp³-hybridized carbons (Fsp3) is 0.0769. The third-order valence-corrected chi connectivity index (χ3v) is 6.73. The summed E-state index contributed by atoms with van der Waals surface area (Å²) in [6.07, 6.45) is 3.76. The van der Waals surface area contributed by atoms with Crippen molar-refractivity contribution in [2.45, 2.75) is 13.8 Å². The van der Waals surface area contributed by atoms with E-state index in [4.69, 9.17) is 4.42 Å². The first-order valence-corrected chi connectivity index (χ1v) is 12.0. The Morgan fingerprint density at radius 3 is 1.39 bits per heavy atom. The average Bonchev–Trinajstić information content (AvgIpc) is 3.58. The van der Waals surface area contributed by atoms with Gasteiger partial charge in [-0.05, 0) is 86.6 Å². The van der Waals surface area contributed by atoms with E-state index in [1.165, 1.54) is 9.75 Å². The van der Waals surface area contributed by atoms with Gasteiger partial charge in [0.2, 0.25) is 11.8 Å². The van der Waals surface area contributed by atoms with Crippen LogP contribution in [0, 0.1) is 13.8 Å². The van der Waals surface area contributed by atoms with E-state index in [0.29, 0.717) is 11.8 Å². The molecule has 0 amide bonds. The van der Waals surface area contributed by atoms with E-state index in [1.54, 1.807) is 22.7 Å². The van der Waals surface area contributed by atoms with Crippen LogP contribution in [0.1, 0.15) is 19.5 Å². The second-order valence-corrected chi connectivity index (χ2v) is 10.1. The van der Waals surface area contributed by atoms with Crippen LogP contribution in [-0.2, 0) is 0 Å². The first kappa shape index (κ1) is 21.2. The molecule has 3 heterocycles. The molecule has 0 saturated carbocycles. The van der Waals surface area contributed by atoms with Crippen LogP contribution in [0.2, 0.25) is 0 Å². The normalized spacial score (nSPS) is 11.7. The van der Waals surface area contributed by atoms with Gasteiger partial charge in [0.1, 0.15) is 0 Å². The number of aryl methyl sites for hydroxylation is 2. The van der Waals surface area contributed by atoms with Gasteiger partial charge in [0.15, 0.2) is 0 Å². The summed E-state index contributed by atoms with van der Waals surface area (Å²) in [4.78, 5) is 13.9. The molecule has 0 fully saturated rings. The number of rotatable bonds is 6. The van der Waals surface area contributed by atoms with Crippen molar-refractivity contribution in [1.29, 1.82) is 0 Å². The molecule has 162 valence electrons. The van der Waals surface area contributed by atoms with Crippen molar-refractivity contribution in [2.75, 3.05) is 0 Å². The van der Waals surface area contributed by atoms with Gasteiger partial charge >= 0.3 is 0 Å². The molecule has 0 aliphatic rings. The van der Waals surface area contributed by atoms with Crippen LogP contribution in [-0.4, -0.2) is 22.6 Å². The van der Waals surface area contributed by atoms with E-state index in [0.717, 1.165) is 32.3 Å². The Labute approximate surface area is 199 Å². The smallest absolute Gasteiger partial charge is 0.248 e. The number of hydrogen-bond donors (Lipinski definition) is 0. The molecule has 7 heteroatoms. The van der Waals surface area contributed by atoms with Gasteiger partial charge in [-0.3, -0.25) is 9.98 Å². The number of hydrogen-bond acceptors (Lipinski definition) is 7. The molecule has 0 spiro atoms. The van der Waals surface area contributed by atoms with Crippen molar-refractivity contribution in [3.8, 4) is 22.9 Å². The predicted octanol–water partition coefficient (Wildman–Crippen LogP) is 7.64. The van der Waals surface area contributed by atoms with Gasteiger partial charge in [0.25, 0.3) is 0 Å². The van der Waals surface area contributed by atoms with Gasteiger partial charge in [-0.15, -0.1) is 32.9 Å². The first-order chi connectivity index (χ1) is 16.1. The fourth-order valence-corrected chi connectivity index (χ4v) is 4.66. The van der Waals surface area contributed by atoms with E-state index in [-0.39, 0.29) is 0 Å². The molecule has 5 aromatic rings. The molecule has 5 nitrogen and oxygen atoms in total. The molecule has 3 aromatic heterocycles. The molecule has 2 aromatic carbocycles.